The summed E-state index contributed by atoms with van der Waals surface area (Å²) < 4.78 is 18.6. The Labute approximate surface area is 106 Å². The molecular formula is C13H17FN2O2. The molecule has 0 bridgehead atoms. The summed E-state index contributed by atoms with van der Waals surface area (Å²) in [5.74, 6) is -0.0511. The first-order valence-electron chi connectivity index (χ1n) is 6.01. The standard InChI is InChI=1S/C13H17FN2O2/c1-16(8-10-6-7-18-9-10)13(17)15-12-5-3-2-4-11(12)14/h2-5,10H,6-9H2,1H3,(H,15,17). The number of amides is 2. The van der Waals surface area contributed by atoms with Crippen molar-refractivity contribution in [1.82, 2.24) is 4.90 Å². The summed E-state index contributed by atoms with van der Waals surface area (Å²) in [5, 5.41) is 2.56. The molecule has 1 aliphatic heterocycles. The first-order chi connectivity index (χ1) is 8.66. The largest absolute Gasteiger partial charge is 0.381 e. The molecule has 0 saturated carbocycles. The number of ether oxygens (including phenoxy) is 1. The van der Waals surface area contributed by atoms with Crippen LogP contribution in [0.3, 0.4) is 0 Å². The van der Waals surface area contributed by atoms with Gasteiger partial charge in [0.15, 0.2) is 0 Å². The maximum Gasteiger partial charge on any atom is 0.321 e. The molecule has 0 aromatic heterocycles. The molecule has 18 heavy (non-hydrogen) atoms. The van der Waals surface area contributed by atoms with Gasteiger partial charge in [0.25, 0.3) is 0 Å². The van der Waals surface area contributed by atoms with Gasteiger partial charge in [-0.25, -0.2) is 9.18 Å². The average molecular weight is 252 g/mol. The topological polar surface area (TPSA) is 41.6 Å². The van der Waals surface area contributed by atoms with Crippen molar-refractivity contribution in [3.05, 3.63) is 30.1 Å². The maximum atomic E-state index is 13.4. The minimum atomic E-state index is -0.427. The quantitative estimate of drug-likeness (QED) is 0.897. The predicted molar refractivity (Wildman–Crippen MR) is 67.0 cm³/mol. The lowest BCUT2D eigenvalue weighted by atomic mass is 10.1. The van der Waals surface area contributed by atoms with E-state index in [1.54, 1.807) is 30.1 Å². The van der Waals surface area contributed by atoms with Crippen molar-refractivity contribution in [3.8, 4) is 0 Å². The fourth-order valence-corrected chi connectivity index (χ4v) is 1.97. The Bertz CT molecular complexity index is 419. The third kappa shape index (κ3) is 3.20. The van der Waals surface area contributed by atoms with Gasteiger partial charge in [0.05, 0.1) is 12.3 Å². The molecule has 0 spiro atoms. The van der Waals surface area contributed by atoms with Crippen molar-refractivity contribution < 1.29 is 13.9 Å². The van der Waals surface area contributed by atoms with Crippen molar-refractivity contribution >= 4 is 11.7 Å². The SMILES string of the molecule is CN(CC1CCOC1)C(=O)Nc1ccccc1F. The lowest BCUT2D eigenvalue weighted by Crippen LogP contribution is -2.35. The highest BCUT2D eigenvalue weighted by molar-refractivity contribution is 5.89. The number of hydrogen-bond acceptors (Lipinski definition) is 2. The number of benzene rings is 1. The normalized spacial score (nSPS) is 18.7. The zero-order chi connectivity index (χ0) is 13.0. The molecule has 1 aromatic carbocycles. The zero-order valence-corrected chi connectivity index (χ0v) is 10.4. The highest BCUT2D eigenvalue weighted by Gasteiger charge is 2.20. The predicted octanol–water partition coefficient (Wildman–Crippen LogP) is 2.33. The molecule has 1 saturated heterocycles. The first-order valence-corrected chi connectivity index (χ1v) is 6.01. The van der Waals surface area contributed by atoms with Crippen molar-refractivity contribution in [2.45, 2.75) is 6.42 Å². The summed E-state index contributed by atoms with van der Waals surface area (Å²) in [5.41, 5.74) is 0.206. The molecule has 1 atom stereocenters. The summed E-state index contributed by atoms with van der Waals surface area (Å²) in [6.07, 6.45) is 0.970. The third-order valence-corrected chi connectivity index (χ3v) is 3.02. The van der Waals surface area contributed by atoms with E-state index in [4.69, 9.17) is 4.74 Å². The molecule has 1 aliphatic rings. The lowest BCUT2D eigenvalue weighted by molar-refractivity contribution is 0.175. The maximum absolute atomic E-state index is 13.4. The third-order valence-electron chi connectivity index (χ3n) is 3.02. The van der Waals surface area contributed by atoms with Gasteiger partial charge in [0.2, 0.25) is 0 Å². The summed E-state index contributed by atoms with van der Waals surface area (Å²) in [7, 11) is 1.70. The summed E-state index contributed by atoms with van der Waals surface area (Å²) >= 11 is 0. The monoisotopic (exact) mass is 252 g/mol. The Morgan fingerprint density at radius 1 is 1.56 bits per heavy atom. The number of rotatable bonds is 3. The Morgan fingerprint density at radius 2 is 2.33 bits per heavy atom. The van der Waals surface area contributed by atoms with Crippen LogP contribution in [0.2, 0.25) is 0 Å². The lowest BCUT2D eigenvalue weighted by Gasteiger charge is -2.21. The van der Waals surface area contributed by atoms with Crippen molar-refractivity contribution in [2.24, 2.45) is 5.92 Å². The Kier molecular flexibility index (Phi) is 4.15. The number of urea groups is 1. The smallest absolute Gasteiger partial charge is 0.321 e. The summed E-state index contributed by atoms with van der Waals surface area (Å²) in [4.78, 5) is 13.4. The first kappa shape index (κ1) is 12.8. The van der Waals surface area contributed by atoms with E-state index in [1.165, 1.54) is 6.07 Å². The van der Waals surface area contributed by atoms with Gasteiger partial charge in [-0.2, -0.15) is 0 Å². The fraction of sp³-hybridized carbons (Fsp3) is 0.462. The molecule has 5 heteroatoms. The van der Waals surface area contributed by atoms with Crippen LogP contribution in [0, 0.1) is 11.7 Å². The van der Waals surface area contributed by atoms with Crippen LogP contribution in [0.1, 0.15) is 6.42 Å². The van der Waals surface area contributed by atoms with Gasteiger partial charge >= 0.3 is 6.03 Å². The molecule has 0 radical (unpaired) electrons. The molecule has 1 heterocycles. The number of anilines is 1. The number of carbonyl (C=O) groups excluding carboxylic acids is 1. The van der Waals surface area contributed by atoms with Crippen LogP contribution in [0.25, 0.3) is 0 Å². The molecule has 1 aromatic rings. The van der Waals surface area contributed by atoms with E-state index in [0.717, 1.165) is 13.0 Å². The molecule has 98 valence electrons. The van der Waals surface area contributed by atoms with E-state index in [0.29, 0.717) is 19.1 Å². The minimum absolute atomic E-state index is 0.206. The Morgan fingerprint density at radius 3 is 3.00 bits per heavy atom. The van der Waals surface area contributed by atoms with Gasteiger partial charge in [0.1, 0.15) is 5.82 Å². The van der Waals surface area contributed by atoms with Crippen molar-refractivity contribution in [1.29, 1.82) is 0 Å². The molecule has 2 amide bonds. The van der Waals surface area contributed by atoms with Gasteiger partial charge in [-0.1, -0.05) is 12.1 Å². The number of para-hydroxylation sites is 1. The van der Waals surface area contributed by atoms with Gasteiger partial charge < -0.3 is 15.0 Å². The highest BCUT2D eigenvalue weighted by Crippen LogP contribution is 2.15. The molecular weight excluding hydrogens is 235 g/mol. The number of carbonyl (C=O) groups is 1. The second-order valence-corrected chi connectivity index (χ2v) is 4.52. The molecule has 2 rings (SSSR count). The molecule has 4 nitrogen and oxygen atoms in total. The molecule has 1 fully saturated rings. The zero-order valence-electron chi connectivity index (χ0n) is 10.4. The van der Waals surface area contributed by atoms with Gasteiger partial charge in [-0.3, -0.25) is 0 Å². The molecule has 1 N–H and O–H groups in total. The number of halogens is 1. The average Bonchev–Trinajstić information content (AvgIpc) is 2.84. The van der Waals surface area contributed by atoms with Crippen LogP contribution < -0.4 is 5.32 Å². The number of hydrogen-bond donors (Lipinski definition) is 1. The van der Waals surface area contributed by atoms with E-state index in [1.807, 2.05) is 0 Å². The van der Waals surface area contributed by atoms with Crippen molar-refractivity contribution in [3.63, 3.8) is 0 Å². The summed E-state index contributed by atoms with van der Waals surface area (Å²) in [6, 6.07) is 5.83. The van der Waals surface area contributed by atoms with E-state index in [-0.39, 0.29) is 11.7 Å². The second kappa shape index (κ2) is 5.82. The minimum Gasteiger partial charge on any atom is -0.381 e. The Hall–Kier alpha value is -1.62. The number of nitrogens with zero attached hydrogens (tertiary/aromatic N) is 1. The molecule has 0 aliphatic carbocycles. The van der Waals surface area contributed by atoms with E-state index < -0.39 is 5.82 Å². The number of nitrogens with one attached hydrogen (secondary N) is 1. The van der Waals surface area contributed by atoms with E-state index in [9.17, 15) is 9.18 Å². The van der Waals surface area contributed by atoms with Crippen molar-refractivity contribution in [2.75, 3.05) is 32.1 Å². The second-order valence-electron chi connectivity index (χ2n) is 4.52. The molecule has 1 unspecified atom stereocenters. The van der Waals surface area contributed by atoms with Crippen LogP contribution in [0.15, 0.2) is 24.3 Å². The van der Waals surface area contributed by atoms with E-state index >= 15 is 0 Å². The van der Waals surface area contributed by atoms with Crippen LogP contribution >= 0.6 is 0 Å². The fourth-order valence-electron chi connectivity index (χ4n) is 1.97. The van der Waals surface area contributed by atoms with Crippen LogP contribution in [-0.4, -0.2) is 37.7 Å². The van der Waals surface area contributed by atoms with Gasteiger partial charge in [-0.15, -0.1) is 0 Å². The van der Waals surface area contributed by atoms with Gasteiger partial charge in [0, 0.05) is 26.1 Å². The van der Waals surface area contributed by atoms with E-state index in [2.05, 4.69) is 5.32 Å². The van der Waals surface area contributed by atoms with Gasteiger partial charge in [-0.05, 0) is 18.6 Å². The Balaban J connectivity index is 1.89. The highest BCUT2D eigenvalue weighted by atomic mass is 19.1. The van der Waals surface area contributed by atoms with Crippen LogP contribution in [0.4, 0.5) is 14.9 Å². The summed E-state index contributed by atoms with van der Waals surface area (Å²) in [6.45, 7) is 2.07. The van der Waals surface area contributed by atoms with Crippen LogP contribution in [0.5, 0.6) is 0 Å². The van der Waals surface area contributed by atoms with Crippen LogP contribution in [-0.2, 0) is 4.74 Å².